The number of halogens is 4. The number of thiazole rings is 1. The van der Waals surface area contributed by atoms with E-state index >= 15 is 0 Å². The molecule has 1 heterocycles. The van der Waals surface area contributed by atoms with E-state index in [-0.39, 0.29) is 23.7 Å². The Bertz CT molecular complexity index is 1120. The normalized spacial score (nSPS) is 12.3. The average Bonchev–Trinajstić information content (AvgIpc) is 3.20. The second-order valence-corrected chi connectivity index (χ2v) is 9.29. The van der Waals surface area contributed by atoms with Crippen molar-refractivity contribution in [1.82, 2.24) is 4.98 Å². The molecular weight excluding hydrogens is 497 g/mol. The highest BCUT2D eigenvalue weighted by atomic mass is 35.5. The predicted octanol–water partition coefficient (Wildman–Crippen LogP) is 6.39. The SMILES string of the molecule is CCOC(=O)Cc1csc(S[C@@H](C(=O)Nc2cc(C(F)(F)F)ccc2Cl)c2ccccc2)n1. The van der Waals surface area contributed by atoms with Crippen molar-refractivity contribution in [3.8, 4) is 0 Å². The van der Waals surface area contributed by atoms with Crippen LogP contribution in [-0.4, -0.2) is 23.5 Å². The summed E-state index contributed by atoms with van der Waals surface area (Å²) in [6.45, 7) is 1.97. The number of nitrogens with one attached hydrogen (secondary N) is 1. The van der Waals surface area contributed by atoms with Gasteiger partial charge in [0.2, 0.25) is 5.91 Å². The Kier molecular flexibility index (Phi) is 8.39. The van der Waals surface area contributed by atoms with Gasteiger partial charge in [0.1, 0.15) is 5.25 Å². The highest BCUT2D eigenvalue weighted by molar-refractivity contribution is 8.01. The van der Waals surface area contributed by atoms with Gasteiger partial charge in [-0.1, -0.05) is 53.7 Å². The summed E-state index contributed by atoms with van der Waals surface area (Å²) in [5, 5.41) is 3.37. The molecule has 0 saturated carbocycles. The van der Waals surface area contributed by atoms with Crippen LogP contribution in [0.3, 0.4) is 0 Å². The fourth-order valence-corrected chi connectivity index (χ4v) is 4.97. The third kappa shape index (κ3) is 6.96. The smallest absolute Gasteiger partial charge is 0.416 e. The number of amides is 1. The summed E-state index contributed by atoms with van der Waals surface area (Å²) in [4.78, 5) is 29.2. The van der Waals surface area contributed by atoms with Crippen LogP contribution in [0.25, 0.3) is 0 Å². The van der Waals surface area contributed by atoms with Crippen LogP contribution in [0.2, 0.25) is 5.02 Å². The first-order valence-corrected chi connectivity index (χ1v) is 11.8. The lowest BCUT2D eigenvalue weighted by atomic mass is 10.1. The standard InChI is InChI=1S/C22H18ClF3N2O3S2/c1-2-31-18(29)11-15-12-32-21(27-15)33-19(13-6-4-3-5-7-13)20(30)28-17-10-14(22(24,25)26)8-9-16(17)23/h3-10,12,19H,2,11H2,1H3,(H,28,30)/t19-/m1/s1. The molecule has 0 fully saturated rings. The molecule has 5 nitrogen and oxygen atoms in total. The van der Waals surface area contributed by atoms with Gasteiger partial charge in [-0.2, -0.15) is 13.2 Å². The number of aromatic nitrogens is 1. The molecule has 0 radical (unpaired) electrons. The zero-order valence-electron chi connectivity index (χ0n) is 17.2. The molecule has 0 saturated heterocycles. The Labute approximate surface area is 201 Å². The van der Waals surface area contributed by atoms with Crippen molar-refractivity contribution in [1.29, 1.82) is 0 Å². The van der Waals surface area contributed by atoms with Crippen LogP contribution in [0.15, 0.2) is 58.3 Å². The molecule has 0 spiro atoms. The second-order valence-electron chi connectivity index (χ2n) is 6.68. The van der Waals surface area contributed by atoms with E-state index < -0.39 is 28.9 Å². The number of hydrogen-bond acceptors (Lipinski definition) is 6. The van der Waals surface area contributed by atoms with E-state index in [0.29, 0.717) is 15.6 Å². The molecule has 1 amide bonds. The van der Waals surface area contributed by atoms with Crippen molar-refractivity contribution in [2.24, 2.45) is 0 Å². The van der Waals surface area contributed by atoms with Crippen molar-refractivity contribution in [3.05, 3.63) is 75.8 Å². The first kappa shape index (κ1) is 25.1. The van der Waals surface area contributed by atoms with Gasteiger partial charge in [0.05, 0.1) is 35.0 Å². The Morgan fingerprint density at radius 1 is 1.21 bits per heavy atom. The van der Waals surface area contributed by atoms with E-state index in [1.807, 2.05) is 0 Å². The van der Waals surface area contributed by atoms with Crippen LogP contribution >= 0.6 is 34.7 Å². The highest BCUT2D eigenvalue weighted by Crippen LogP contribution is 2.39. The van der Waals surface area contributed by atoms with Gasteiger partial charge in [-0.25, -0.2) is 4.98 Å². The van der Waals surface area contributed by atoms with Crippen LogP contribution < -0.4 is 5.32 Å². The number of alkyl halides is 3. The van der Waals surface area contributed by atoms with Gasteiger partial charge in [0.15, 0.2) is 4.34 Å². The van der Waals surface area contributed by atoms with Gasteiger partial charge in [0.25, 0.3) is 0 Å². The summed E-state index contributed by atoms with van der Waals surface area (Å²) in [7, 11) is 0. The average molecular weight is 515 g/mol. The Morgan fingerprint density at radius 3 is 2.61 bits per heavy atom. The molecule has 3 aromatic rings. The zero-order valence-corrected chi connectivity index (χ0v) is 19.6. The lowest BCUT2D eigenvalue weighted by Crippen LogP contribution is -2.19. The van der Waals surface area contributed by atoms with E-state index in [0.717, 1.165) is 30.0 Å². The molecule has 11 heteroatoms. The summed E-state index contributed by atoms with van der Waals surface area (Å²) in [6, 6.07) is 11.5. The monoisotopic (exact) mass is 514 g/mol. The third-order valence-corrected chi connectivity index (χ3v) is 6.88. The molecule has 174 valence electrons. The third-order valence-electron chi connectivity index (χ3n) is 4.27. The minimum absolute atomic E-state index is 0.00689. The second kappa shape index (κ2) is 11.0. The maximum absolute atomic E-state index is 13.1. The van der Waals surface area contributed by atoms with Crippen LogP contribution in [0.5, 0.6) is 0 Å². The maximum Gasteiger partial charge on any atom is 0.416 e. The number of hydrogen-bond donors (Lipinski definition) is 1. The van der Waals surface area contributed by atoms with Gasteiger partial charge in [-0.05, 0) is 30.7 Å². The van der Waals surface area contributed by atoms with Crippen molar-refractivity contribution < 1.29 is 27.5 Å². The minimum Gasteiger partial charge on any atom is -0.466 e. The van der Waals surface area contributed by atoms with Crippen molar-refractivity contribution in [2.45, 2.75) is 29.1 Å². The van der Waals surface area contributed by atoms with Crippen molar-refractivity contribution in [3.63, 3.8) is 0 Å². The van der Waals surface area contributed by atoms with E-state index in [1.54, 1.807) is 42.6 Å². The highest BCUT2D eigenvalue weighted by Gasteiger charge is 2.32. The molecule has 1 aromatic heterocycles. The van der Waals surface area contributed by atoms with Gasteiger partial charge in [0, 0.05) is 5.38 Å². The van der Waals surface area contributed by atoms with E-state index in [1.165, 1.54) is 11.3 Å². The van der Waals surface area contributed by atoms with E-state index in [4.69, 9.17) is 16.3 Å². The molecule has 0 aliphatic rings. The topological polar surface area (TPSA) is 68.3 Å². The largest absolute Gasteiger partial charge is 0.466 e. The van der Waals surface area contributed by atoms with Crippen LogP contribution in [0.4, 0.5) is 18.9 Å². The fourth-order valence-electron chi connectivity index (χ4n) is 2.78. The van der Waals surface area contributed by atoms with E-state index in [9.17, 15) is 22.8 Å². The zero-order chi connectivity index (χ0) is 24.0. The maximum atomic E-state index is 13.1. The summed E-state index contributed by atoms with van der Waals surface area (Å²) < 4.78 is 44.7. The number of nitrogens with zero attached hydrogens (tertiary/aromatic N) is 1. The number of anilines is 1. The lowest BCUT2D eigenvalue weighted by molar-refractivity contribution is -0.142. The van der Waals surface area contributed by atoms with Crippen LogP contribution in [0, 0.1) is 0 Å². The van der Waals surface area contributed by atoms with Crippen LogP contribution in [-0.2, 0) is 26.9 Å². The molecule has 0 unspecified atom stereocenters. The summed E-state index contributed by atoms with van der Waals surface area (Å²) in [5.41, 5.74) is 0.0779. The number of benzene rings is 2. The van der Waals surface area contributed by atoms with Gasteiger partial charge < -0.3 is 10.1 Å². The molecular formula is C22H18ClF3N2O3S2. The number of thioether (sulfide) groups is 1. The number of carbonyl (C=O) groups excluding carboxylic acids is 2. The molecule has 33 heavy (non-hydrogen) atoms. The molecule has 1 N–H and O–H groups in total. The molecule has 3 rings (SSSR count). The molecule has 1 atom stereocenters. The van der Waals surface area contributed by atoms with Gasteiger partial charge in [-0.3, -0.25) is 9.59 Å². The number of rotatable bonds is 8. The molecule has 0 aliphatic carbocycles. The predicted molar refractivity (Wildman–Crippen MR) is 123 cm³/mol. The van der Waals surface area contributed by atoms with E-state index in [2.05, 4.69) is 10.3 Å². The number of ether oxygens (including phenoxy) is 1. The van der Waals surface area contributed by atoms with Crippen LogP contribution in [0.1, 0.15) is 29.0 Å². The van der Waals surface area contributed by atoms with Crippen molar-refractivity contribution in [2.75, 3.05) is 11.9 Å². The van der Waals surface area contributed by atoms with Crippen molar-refractivity contribution >= 4 is 52.3 Å². The first-order valence-electron chi connectivity index (χ1n) is 9.66. The molecule has 0 bridgehead atoms. The fraction of sp³-hybridized carbons (Fsp3) is 0.227. The number of esters is 1. The lowest BCUT2D eigenvalue weighted by Gasteiger charge is -2.17. The Hall–Kier alpha value is -2.56. The first-order chi connectivity index (χ1) is 15.7. The minimum atomic E-state index is -4.58. The summed E-state index contributed by atoms with van der Waals surface area (Å²) in [6.07, 6.45) is -4.57. The van der Waals surface area contributed by atoms with Gasteiger partial charge in [-0.15, -0.1) is 11.3 Å². The Balaban J connectivity index is 1.83. The molecule has 2 aromatic carbocycles. The Morgan fingerprint density at radius 2 is 1.94 bits per heavy atom. The summed E-state index contributed by atoms with van der Waals surface area (Å²) >= 11 is 8.41. The van der Waals surface area contributed by atoms with Gasteiger partial charge >= 0.3 is 12.1 Å². The summed E-state index contributed by atoms with van der Waals surface area (Å²) in [5.74, 6) is -0.967. The number of carbonyl (C=O) groups is 2. The quantitative estimate of drug-likeness (QED) is 0.278. The molecule has 0 aliphatic heterocycles.